The van der Waals surface area contributed by atoms with E-state index in [1.807, 2.05) is 43.8 Å². The van der Waals surface area contributed by atoms with Gasteiger partial charge >= 0.3 is 12.1 Å². The molecule has 0 radical (unpaired) electrons. The van der Waals surface area contributed by atoms with Gasteiger partial charge in [-0.3, -0.25) is 9.59 Å². The van der Waals surface area contributed by atoms with Gasteiger partial charge in [0.2, 0.25) is 0 Å². The highest BCUT2D eigenvalue weighted by molar-refractivity contribution is 6.06. The van der Waals surface area contributed by atoms with Crippen molar-refractivity contribution in [3.8, 4) is 5.75 Å². The zero-order valence-electron chi connectivity index (χ0n) is 16.2. The zero-order chi connectivity index (χ0) is 20.1. The number of ether oxygens (including phenoxy) is 2. The molecule has 0 saturated heterocycles. The Morgan fingerprint density at radius 3 is 2.44 bits per heavy atom. The molecule has 0 fully saturated rings. The number of fused-ring (bicyclic) bond motifs is 1. The van der Waals surface area contributed by atoms with Gasteiger partial charge in [0.05, 0.1) is 11.2 Å². The second-order valence-electron chi connectivity index (χ2n) is 6.08. The summed E-state index contributed by atoms with van der Waals surface area (Å²) < 4.78 is 12.3. The van der Waals surface area contributed by atoms with Gasteiger partial charge in [-0.05, 0) is 39.0 Å². The maximum Gasteiger partial charge on any atom is 0.415 e. The highest BCUT2D eigenvalue weighted by Gasteiger charge is 2.22. The lowest BCUT2D eigenvalue weighted by atomic mass is 10.2. The molecule has 1 aromatic carbocycles. The average molecular weight is 375 g/mol. The monoisotopic (exact) mass is 375 g/mol. The first-order valence-corrected chi connectivity index (χ1v) is 8.81. The van der Waals surface area contributed by atoms with E-state index in [9.17, 15) is 14.4 Å². The number of aromatic nitrogens is 1. The van der Waals surface area contributed by atoms with Gasteiger partial charge in [-0.25, -0.2) is 4.79 Å². The minimum atomic E-state index is -0.979. The van der Waals surface area contributed by atoms with Crippen LogP contribution in [0.1, 0.15) is 27.7 Å². The van der Waals surface area contributed by atoms with Crippen LogP contribution in [0.3, 0.4) is 0 Å². The number of aryl methyl sites for hydroxylation is 1. The van der Waals surface area contributed by atoms with Crippen LogP contribution in [-0.2, 0) is 21.4 Å². The van der Waals surface area contributed by atoms with Crippen molar-refractivity contribution in [3.05, 3.63) is 24.4 Å². The van der Waals surface area contributed by atoms with E-state index in [1.54, 1.807) is 6.07 Å². The van der Waals surface area contributed by atoms with Gasteiger partial charge in [0.25, 0.3) is 5.91 Å². The maximum absolute atomic E-state index is 12.4. The van der Waals surface area contributed by atoms with Crippen molar-refractivity contribution < 1.29 is 23.9 Å². The Morgan fingerprint density at radius 2 is 1.85 bits per heavy atom. The first-order chi connectivity index (χ1) is 12.8. The standard InChI is InChI=1S/C19H25N3O5/c1-6-22(7-2)19(25)27-16-9-8-15-14(10-11-21(15)5)17(16)20-18(24)12(3)26-13(4)23/h8-12H,6-7H2,1-5H3,(H,20,24)/t12-/m0/s1. The molecule has 1 N–H and O–H groups in total. The summed E-state index contributed by atoms with van der Waals surface area (Å²) in [5.74, 6) is -0.834. The van der Waals surface area contributed by atoms with Crippen molar-refractivity contribution >= 4 is 34.6 Å². The first kappa shape index (κ1) is 20.3. The third-order valence-corrected chi connectivity index (χ3v) is 4.21. The van der Waals surface area contributed by atoms with Crippen molar-refractivity contribution in [1.82, 2.24) is 9.47 Å². The van der Waals surface area contributed by atoms with Crippen LogP contribution in [0.15, 0.2) is 24.4 Å². The molecular weight excluding hydrogens is 350 g/mol. The number of nitrogens with one attached hydrogen (secondary N) is 1. The quantitative estimate of drug-likeness (QED) is 0.784. The summed E-state index contributed by atoms with van der Waals surface area (Å²) in [7, 11) is 1.87. The summed E-state index contributed by atoms with van der Waals surface area (Å²) >= 11 is 0. The molecule has 0 spiro atoms. The summed E-state index contributed by atoms with van der Waals surface area (Å²) in [4.78, 5) is 37.4. The fraction of sp³-hybridized carbons (Fsp3) is 0.421. The maximum atomic E-state index is 12.4. The Labute approximate surface area is 158 Å². The number of rotatable bonds is 6. The largest absolute Gasteiger partial charge is 0.453 e. The number of hydrogen-bond acceptors (Lipinski definition) is 5. The predicted molar refractivity (Wildman–Crippen MR) is 102 cm³/mol. The molecule has 146 valence electrons. The van der Waals surface area contributed by atoms with Gasteiger partial charge < -0.3 is 24.3 Å². The number of hydrogen-bond donors (Lipinski definition) is 1. The van der Waals surface area contributed by atoms with Gasteiger partial charge in [0, 0.05) is 38.6 Å². The summed E-state index contributed by atoms with van der Waals surface area (Å²) in [6.45, 7) is 7.44. The van der Waals surface area contributed by atoms with Gasteiger partial charge in [-0.15, -0.1) is 0 Å². The van der Waals surface area contributed by atoms with Gasteiger partial charge in [-0.1, -0.05) is 0 Å². The fourth-order valence-electron chi connectivity index (χ4n) is 2.71. The summed E-state index contributed by atoms with van der Waals surface area (Å²) in [6.07, 6.45) is 0.359. The molecule has 0 unspecified atom stereocenters. The lowest BCUT2D eigenvalue weighted by Crippen LogP contribution is -2.33. The highest BCUT2D eigenvalue weighted by Crippen LogP contribution is 2.34. The van der Waals surface area contributed by atoms with E-state index in [2.05, 4.69) is 5.32 Å². The summed E-state index contributed by atoms with van der Waals surface area (Å²) in [5, 5.41) is 3.44. The lowest BCUT2D eigenvalue weighted by molar-refractivity contribution is -0.150. The van der Waals surface area contributed by atoms with Crippen LogP contribution in [0.2, 0.25) is 0 Å². The Balaban J connectivity index is 2.39. The molecule has 2 rings (SSSR count). The third-order valence-electron chi connectivity index (χ3n) is 4.21. The van der Waals surface area contributed by atoms with Crippen LogP contribution >= 0.6 is 0 Å². The molecule has 0 aliphatic heterocycles. The van der Waals surface area contributed by atoms with E-state index >= 15 is 0 Å². The second kappa shape index (κ2) is 8.57. The van der Waals surface area contributed by atoms with Crippen molar-refractivity contribution in [2.75, 3.05) is 18.4 Å². The van der Waals surface area contributed by atoms with Crippen LogP contribution in [0.4, 0.5) is 10.5 Å². The number of anilines is 1. The molecule has 8 heteroatoms. The minimum Gasteiger partial charge on any atom is -0.453 e. The van der Waals surface area contributed by atoms with Crippen molar-refractivity contribution in [3.63, 3.8) is 0 Å². The number of carbonyl (C=O) groups excluding carboxylic acids is 3. The number of amides is 2. The fourth-order valence-corrected chi connectivity index (χ4v) is 2.71. The van der Waals surface area contributed by atoms with E-state index in [0.717, 1.165) is 5.52 Å². The number of carbonyl (C=O) groups is 3. The molecular formula is C19H25N3O5. The molecule has 0 aliphatic rings. The normalized spacial score (nSPS) is 11.7. The van der Waals surface area contributed by atoms with Crippen LogP contribution in [0.5, 0.6) is 5.75 Å². The lowest BCUT2D eigenvalue weighted by Gasteiger charge is -2.20. The molecule has 0 aliphatic carbocycles. The molecule has 1 aromatic heterocycles. The van der Waals surface area contributed by atoms with Gasteiger partial charge in [0.1, 0.15) is 0 Å². The van der Waals surface area contributed by atoms with Gasteiger partial charge in [-0.2, -0.15) is 0 Å². The molecule has 8 nitrogen and oxygen atoms in total. The molecule has 2 aromatic rings. The van der Waals surface area contributed by atoms with E-state index in [1.165, 1.54) is 18.7 Å². The van der Waals surface area contributed by atoms with Crippen molar-refractivity contribution in [2.24, 2.45) is 7.05 Å². The molecule has 1 heterocycles. The molecule has 0 saturated carbocycles. The number of benzene rings is 1. The zero-order valence-corrected chi connectivity index (χ0v) is 16.2. The summed E-state index contributed by atoms with van der Waals surface area (Å²) in [6, 6.07) is 5.26. The third kappa shape index (κ3) is 4.58. The first-order valence-electron chi connectivity index (χ1n) is 8.81. The predicted octanol–water partition coefficient (Wildman–Crippen LogP) is 2.91. The molecule has 2 amide bonds. The van der Waals surface area contributed by atoms with Crippen molar-refractivity contribution in [1.29, 1.82) is 0 Å². The Hall–Kier alpha value is -3.03. The van der Waals surface area contributed by atoms with Crippen LogP contribution in [0, 0.1) is 0 Å². The Kier molecular flexibility index (Phi) is 6.44. The number of nitrogens with zero attached hydrogens (tertiary/aromatic N) is 2. The average Bonchev–Trinajstić information content (AvgIpc) is 2.98. The van der Waals surface area contributed by atoms with Gasteiger partial charge in [0.15, 0.2) is 11.9 Å². The van der Waals surface area contributed by atoms with Crippen LogP contribution < -0.4 is 10.1 Å². The van der Waals surface area contributed by atoms with E-state index in [0.29, 0.717) is 24.2 Å². The minimum absolute atomic E-state index is 0.231. The SMILES string of the molecule is CCN(CC)C(=O)Oc1ccc2c(ccn2C)c1NC(=O)[C@H](C)OC(C)=O. The molecule has 27 heavy (non-hydrogen) atoms. The van der Waals surface area contributed by atoms with E-state index in [4.69, 9.17) is 9.47 Å². The van der Waals surface area contributed by atoms with E-state index < -0.39 is 24.1 Å². The molecule has 0 bridgehead atoms. The smallest absolute Gasteiger partial charge is 0.415 e. The summed E-state index contributed by atoms with van der Waals surface area (Å²) in [5.41, 5.74) is 1.21. The Bertz CT molecular complexity index is 854. The van der Waals surface area contributed by atoms with Crippen molar-refractivity contribution in [2.45, 2.75) is 33.8 Å². The second-order valence-corrected chi connectivity index (χ2v) is 6.08. The number of esters is 1. The van der Waals surface area contributed by atoms with Crippen LogP contribution in [0.25, 0.3) is 10.9 Å². The molecule has 1 atom stereocenters. The Morgan fingerprint density at radius 1 is 1.19 bits per heavy atom. The highest BCUT2D eigenvalue weighted by atomic mass is 16.6. The van der Waals surface area contributed by atoms with E-state index in [-0.39, 0.29) is 5.75 Å². The topological polar surface area (TPSA) is 89.9 Å². The van der Waals surface area contributed by atoms with Crippen LogP contribution in [-0.4, -0.2) is 46.6 Å².